The smallest absolute Gasteiger partial charge is 0.404 e. The molecule has 0 fully saturated rings. The van der Waals surface area contributed by atoms with Crippen molar-refractivity contribution in [2.24, 2.45) is 5.92 Å². The van der Waals surface area contributed by atoms with Gasteiger partial charge in [0.25, 0.3) is 0 Å². The molecule has 0 spiro atoms. The zero-order valence-electron chi connectivity index (χ0n) is 10.6. The Labute approximate surface area is 112 Å². The number of carbonyl (C=O) groups is 1. The number of benzene rings is 1. The molecule has 1 aliphatic carbocycles. The molecule has 0 bridgehead atoms. The normalized spacial score (nSPS) is 16.7. The molecule has 0 saturated carbocycles. The molecule has 1 aromatic carbocycles. The first-order valence-corrected chi connectivity index (χ1v) is 6.38. The molecule has 1 aliphatic rings. The van der Waals surface area contributed by atoms with Gasteiger partial charge in [-0.25, -0.2) is 4.79 Å². The van der Waals surface area contributed by atoms with Gasteiger partial charge in [-0.15, -0.1) is 0 Å². The van der Waals surface area contributed by atoms with Crippen LogP contribution in [0.5, 0.6) is 0 Å². The van der Waals surface area contributed by atoms with E-state index in [0.717, 1.165) is 24.9 Å². The molecule has 0 aromatic heterocycles. The largest absolute Gasteiger partial charge is 0.465 e. The number of rotatable bonds is 5. The van der Waals surface area contributed by atoms with Crippen molar-refractivity contribution in [2.75, 3.05) is 19.6 Å². The second kappa shape index (κ2) is 6.21. The highest BCUT2D eigenvalue weighted by Gasteiger charge is 2.21. The maximum Gasteiger partial charge on any atom is 0.404 e. The third-order valence-electron chi connectivity index (χ3n) is 3.36. The summed E-state index contributed by atoms with van der Waals surface area (Å²) in [7, 11) is 0. The van der Waals surface area contributed by atoms with Crippen molar-refractivity contribution in [1.82, 2.24) is 10.6 Å². The number of hydrogen-bond acceptors (Lipinski definition) is 3. The first-order valence-electron chi connectivity index (χ1n) is 6.38. The molecule has 5 nitrogen and oxygen atoms in total. The van der Waals surface area contributed by atoms with Crippen molar-refractivity contribution in [3.05, 3.63) is 34.9 Å². The molecule has 2 rings (SSSR count). The quantitative estimate of drug-likeness (QED) is 0.692. The van der Waals surface area contributed by atoms with Gasteiger partial charge < -0.3 is 15.7 Å². The number of hydrogen-bond donors (Lipinski definition) is 3. The summed E-state index contributed by atoms with van der Waals surface area (Å²) < 4.78 is 0. The predicted molar refractivity (Wildman–Crippen MR) is 71.0 cm³/mol. The molecule has 1 aromatic rings. The SMILES string of the molecule is N#Cc1ccc2c(c1)CC(CNCCNC(=O)O)C2. The standard InChI is InChI=1S/C14H17N3O2/c15-8-10-1-2-12-6-11(7-13(12)5-10)9-16-3-4-17-14(18)19/h1-2,5,11,16-17H,3-4,6-7,9H2,(H,18,19). The number of nitrogens with zero attached hydrogens (tertiary/aromatic N) is 1. The van der Waals surface area contributed by atoms with E-state index in [-0.39, 0.29) is 0 Å². The fraction of sp³-hybridized carbons (Fsp3) is 0.429. The zero-order chi connectivity index (χ0) is 13.7. The van der Waals surface area contributed by atoms with E-state index in [4.69, 9.17) is 10.4 Å². The molecule has 0 aliphatic heterocycles. The van der Waals surface area contributed by atoms with E-state index < -0.39 is 6.09 Å². The lowest BCUT2D eigenvalue weighted by atomic mass is 10.1. The minimum absolute atomic E-state index is 0.424. The van der Waals surface area contributed by atoms with E-state index in [1.165, 1.54) is 11.1 Å². The van der Waals surface area contributed by atoms with Gasteiger partial charge in [0, 0.05) is 13.1 Å². The Morgan fingerprint density at radius 3 is 2.89 bits per heavy atom. The molecular formula is C14H17N3O2. The van der Waals surface area contributed by atoms with E-state index in [1.807, 2.05) is 18.2 Å². The average molecular weight is 259 g/mol. The molecule has 1 atom stereocenters. The van der Waals surface area contributed by atoms with Crippen LogP contribution in [0.15, 0.2) is 18.2 Å². The molecule has 100 valence electrons. The summed E-state index contributed by atoms with van der Waals surface area (Å²) in [6.07, 6.45) is 1.03. The van der Waals surface area contributed by atoms with Gasteiger partial charge in [0.1, 0.15) is 0 Å². The first kappa shape index (κ1) is 13.4. The van der Waals surface area contributed by atoms with Gasteiger partial charge in [0.2, 0.25) is 0 Å². The topological polar surface area (TPSA) is 85.2 Å². The van der Waals surface area contributed by atoms with Crippen LogP contribution in [0.1, 0.15) is 16.7 Å². The summed E-state index contributed by atoms with van der Waals surface area (Å²) in [6, 6.07) is 8.04. The van der Waals surface area contributed by atoms with Gasteiger partial charge in [-0.05, 0) is 48.6 Å². The Balaban J connectivity index is 1.74. The van der Waals surface area contributed by atoms with Crippen molar-refractivity contribution in [2.45, 2.75) is 12.8 Å². The molecule has 19 heavy (non-hydrogen) atoms. The lowest BCUT2D eigenvalue weighted by Gasteiger charge is -2.10. The third-order valence-corrected chi connectivity index (χ3v) is 3.36. The Kier molecular flexibility index (Phi) is 4.37. The molecule has 0 heterocycles. The van der Waals surface area contributed by atoms with Crippen molar-refractivity contribution < 1.29 is 9.90 Å². The Morgan fingerprint density at radius 1 is 1.37 bits per heavy atom. The number of amides is 1. The van der Waals surface area contributed by atoms with Crippen LogP contribution in [-0.2, 0) is 12.8 Å². The maximum absolute atomic E-state index is 10.3. The van der Waals surface area contributed by atoms with Crippen molar-refractivity contribution in [3.8, 4) is 6.07 Å². The van der Waals surface area contributed by atoms with Crippen LogP contribution >= 0.6 is 0 Å². The van der Waals surface area contributed by atoms with Gasteiger partial charge in [-0.2, -0.15) is 5.26 Å². The number of nitriles is 1. The van der Waals surface area contributed by atoms with E-state index in [2.05, 4.69) is 16.7 Å². The van der Waals surface area contributed by atoms with Crippen LogP contribution in [0.4, 0.5) is 4.79 Å². The summed E-state index contributed by atoms with van der Waals surface area (Å²) in [5, 5.41) is 22.9. The fourth-order valence-corrected chi connectivity index (χ4v) is 2.49. The van der Waals surface area contributed by atoms with Crippen LogP contribution in [-0.4, -0.2) is 30.8 Å². The van der Waals surface area contributed by atoms with Crippen molar-refractivity contribution in [1.29, 1.82) is 5.26 Å². The number of nitrogens with one attached hydrogen (secondary N) is 2. The molecule has 5 heteroatoms. The summed E-state index contributed by atoms with van der Waals surface area (Å²) in [5.74, 6) is 0.536. The van der Waals surface area contributed by atoms with Crippen LogP contribution in [0, 0.1) is 17.2 Å². The Hall–Kier alpha value is -2.06. The highest BCUT2D eigenvalue weighted by Crippen LogP contribution is 2.27. The summed E-state index contributed by atoms with van der Waals surface area (Å²) >= 11 is 0. The highest BCUT2D eigenvalue weighted by molar-refractivity contribution is 5.64. The molecular weight excluding hydrogens is 242 g/mol. The van der Waals surface area contributed by atoms with Crippen LogP contribution in [0.25, 0.3) is 0 Å². The van der Waals surface area contributed by atoms with E-state index in [9.17, 15) is 4.79 Å². The van der Waals surface area contributed by atoms with Gasteiger partial charge in [0.05, 0.1) is 11.6 Å². The second-order valence-corrected chi connectivity index (χ2v) is 4.81. The monoisotopic (exact) mass is 259 g/mol. The van der Waals surface area contributed by atoms with Crippen molar-refractivity contribution in [3.63, 3.8) is 0 Å². The molecule has 0 saturated heterocycles. The number of carboxylic acid groups (broad SMARTS) is 1. The van der Waals surface area contributed by atoms with E-state index >= 15 is 0 Å². The Bertz CT molecular complexity index is 508. The fourth-order valence-electron chi connectivity index (χ4n) is 2.49. The molecule has 1 amide bonds. The zero-order valence-corrected chi connectivity index (χ0v) is 10.6. The Morgan fingerprint density at radius 2 is 2.16 bits per heavy atom. The summed E-state index contributed by atoms with van der Waals surface area (Å²) in [5.41, 5.74) is 3.32. The third kappa shape index (κ3) is 3.70. The molecule has 3 N–H and O–H groups in total. The summed E-state index contributed by atoms with van der Waals surface area (Å²) in [4.78, 5) is 10.3. The highest BCUT2D eigenvalue weighted by atomic mass is 16.4. The van der Waals surface area contributed by atoms with Crippen LogP contribution in [0.3, 0.4) is 0 Å². The first-order chi connectivity index (χ1) is 9.19. The predicted octanol–water partition coefficient (Wildman–Crippen LogP) is 1.13. The van der Waals surface area contributed by atoms with E-state index in [1.54, 1.807) is 0 Å². The van der Waals surface area contributed by atoms with Crippen LogP contribution in [0.2, 0.25) is 0 Å². The average Bonchev–Trinajstić information content (AvgIpc) is 2.79. The van der Waals surface area contributed by atoms with E-state index in [0.29, 0.717) is 19.0 Å². The summed E-state index contributed by atoms with van der Waals surface area (Å²) in [6.45, 7) is 1.94. The van der Waals surface area contributed by atoms with Gasteiger partial charge >= 0.3 is 6.09 Å². The van der Waals surface area contributed by atoms with Gasteiger partial charge in [-0.1, -0.05) is 6.07 Å². The minimum Gasteiger partial charge on any atom is -0.465 e. The maximum atomic E-state index is 10.3. The lowest BCUT2D eigenvalue weighted by Crippen LogP contribution is -2.33. The molecule has 1 unspecified atom stereocenters. The lowest BCUT2D eigenvalue weighted by molar-refractivity contribution is 0.194. The van der Waals surface area contributed by atoms with Crippen LogP contribution < -0.4 is 10.6 Å². The second-order valence-electron chi connectivity index (χ2n) is 4.81. The number of fused-ring (bicyclic) bond motifs is 1. The van der Waals surface area contributed by atoms with Gasteiger partial charge in [-0.3, -0.25) is 0 Å². The van der Waals surface area contributed by atoms with Gasteiger partial charge in [0.15, 0.2) is 0 Å². The van der Waals surface area contributed by atoms with Crippen molar-refractivity contribution >= 4 is 6.09 Å². The minimum atomic E-state index is -0.987. The molecule has 0 radical (unpaired) electrons.